The summed E-state index contributed by atoms with van der Waals surface area (Å²) in [7, 11) is 0. The third-order valence-electron chi connectivity index (χ3n) is 4.68. The van der Waals surface area contributed by atoms with Gasteiger partial charge < -0.3 is 4.90 Å². The first kappa shape index (κ1) is 14.8. The molecular weight excluding hydrogens is 318 g/mol. The van der Waals surface area contributed by atoms with E-state index in [2.05, 4.69) is 16.3 Å². The van der Waals surface area contributed by atoms with Gasteiger partial charge in [0.25, 0.3) is 5.91 Å². The number of thiophene rings is 1. The van der Waals surface area contributed by atoms with Gasteiger partial charge in [-0.25, -0.2) is 8.78 Å². The number of halogens is 2. The highest BCUT2D eigenvalue weighted by Crippen LogP contribution is 2.28. The fourth-order valence-corrected chi connectivity index (χ4v) is 4.18. The van der Waals surface area contributed by atoms with Crippen LogP contribution in [0.2, 0.25) is 0 Å². The second kappa shape index (κ2) is 5.69. The lowest BCUT2D eigenvalue weighted by Gasteiger charge is -2.46. The van der Waals surface area contributed by atoms with E-state index in [0.29, 0.717) is 13.1 Å². The molecule has 3 nitrogen and oxygen atoms in total. The molecule has 4 rings (SSSR count). The lowest BCUT2D eigenvalue weighted by Crippen LogP contribution is -2.61. The predicted molar refractivity (Wildman–Crippen MR) is 84.5 cm³/mol. The standard InChI is InChI=1S/C17H16F2N2OS/c18-13-2-1-3-14(19)16(13)17(22)21-9-12(10-21)20-6-4-15-11(8-20)5-7-23-15/h1-3,5,7,12H,4,6,8-10H2. The molecule has 2 aromatic rings. The molecule has 0 aliphatic carbocycles. The van der Waals surface area contributed by atoms with Gasteiger partial charge in [0.15, 0.2) is 0 Å². The minimum atomic E-state index is -0.792. The first-order chi connectivity index (χ1) is 11.1. The van der Waals surface area contributed by atoms with Crippen LogP contribution in [0.5, 0.6) is 0 Å². The highest BCUT2D eigenvalue weighted by Gasteiger charge is 2.37. The molecule has 0 saturated carbocycles. The fraction of sp³-hybridized carbons (Fsp3) is 0.353. The third kappa shape index (κ3) is 2.56. The van der Waals surface area contributed by atoms with E-state index in [9.17, 15) is 13.6 Å². The Labute approximate surface area is 137 Å². The number of carbonyl (C=O) groups is 1. The molecule has 1 aromatic carbocycles. The molecule has 6 heteroatoms. The monoisotopic (exact) mass is 334 g/mol. The molecule has 0 bridgehead atoms. The second-order valence-corrected chi connectivity index (χ2v) is 7.05. The smallest absolute Gasteiger partial charge is 0.259 e. The van der Waals surface area contributed by atoms with Crippen LogP contribution in [0.1, 0.15) is 20.8 Å². The Kier molecular flexibility index (Phi) is 3.66. The molecule has 0 atom stereocenters. The van der Waals surface area contributed by atoms with E-state index in [-0.39, 0.29) is 6.04 Å². The summed E-state index contributed by atoms with van der Waals surface area (Å²) in [5, 5.41) is 2.12. The normalized spacial score (nSPS) is 18.6. The summed E-state index contributed by atoms with van der Waals surface area (Å²) >= 11 is 1.80. The van der Waals surface area contributed by atoms with Gasteiger partial charge in [0.05, 0.1) is 0 Å². The van der Waals surface area contributed by atoms with Crippen LogP contribution in [-0.2, 0) is 13.0 Å². The van der Waals surface area contributed by atoms with Gasteiger partial charge >= 0.3 is 0 Å². The van der Waals surface area contributed by atoms with Crippen LogP contribution in [0.3, 0.4) is 0 Å². The molecule has 0 radical (unpaired) electrons. The average molecular weight is 334 g/mol. The van der Waals surface area contributed by atoms with Crippen molar-refractivity contribution in [2.24, 2.45) is 0 Å². The Bertz CT molecular complexity index is 735. The van der Waals surface area contributed by atoms with Gasteiger partial charge in [0, 0.05) is 37.1 Å². The van der Waals surface area contributed by atoms with Crippen LogP contribution < -0.4 is 0 Å². The molecule has 1 saturated heterocycles. The number of carbonyl (C=O) groups excluding carboxylic acids is 1. The summed E-state index contributed by atoms with van der Waals surface area (Å²) in [5.74, 6) is -2.14. The van der Waals surface area contributed by atoms with Crippen LogP contribution >= 0.6 is 11.3 Å². The summed E-state index contributed by atoms with van der Waals surface area (Å²) in [6, 6.07) is 5.95. The highest BCUT2D eigenvalue weighted by molar-refractivity contribution is 7.10. The minimum Gasteiger partial charge on any atom is -0.335 e. The number of likely N-dealkylation sites (tertiary alicyclic amines) is 1. The minimum absolute atomic E-state index is 0.279. The Morgan fingerprint density at radius 1 is 1.17 bits per heavy atom. The zero-order chi connectivity index (χ0) is 16.0. The molecule has 2 aliphatic heterocycles. The molecule has 3 heterocycles. The Morgan fingerprint density at radius 3 is 2.65 bits per heavy atom. The number of nitrogens with zero attached hydrogens (tertiary/aromatic N) is 2. The lowest BCUT2D eigenvalue weighted by atomic mass is 10.0. The van der Waals surface area contributed by atoms with Crippen molar-refractivity contribution in [3.63, 3.8) is 0 Å². The van der Waals surface area contributed by atoms with Gasteiger partial charge in [-0.05, 0) is 35.6 Å². The van der Waals surface area contributed by atoms with Gasteiger partial charge in [0.2, 0.25) is 0 Å². The maximum Gasteiger partial charge on any atom is 0.259 e. The quantitative estimate of drug-likeness (QED) is 0.843. The largest absolute Gasteiger partial charge is 0.335 e. The maximum atomic E-state index is 13.7. The summed E-state index contributed by atoms with van der Waals surface area (Å²) < 4.78 is 27.4. The van der Waals surface area contributed by atoms with Crippen molar-refractivity contribution >= 4 is 17.2 Å². The molecule has 2 aliphatic rings. The number of fused-ring (bicyclic) bond motifs is 1. The summed E-state index contributed by atoms with van der Waals surface area (Å²) in [5.41, 5.74) is 0.927. The van der Waals surface area contributed by atoms with Crippen LogP contribution in [0.4, 0.5) is 8.78 Å². The van der Waals surface area contributed by atoms with Crippen molar-refractivity contribution in [3.05, 3.63) is 57.3 Å². The number of hydrogen-bond acceptors (Lipinski definition) is 3. The number of amides is 1. The van der Waals surface area contributed by atoms with Crippen LogP contribution in [0, 0.1) is 11.6 Å². The van der Waals surface area contributed by atoms with E-state index in [1.54, 1.807) is 11.3 Å². The summed E-state index contributed by atoms with van der Waals surface area (Å²) in [6.45, 7) is 2.95. The van der Waals surface area contributed by atoms with Crippen LogP contribution in [0.25, 0.3) is 0 Å². The molecule has 1 aromatic heterocycles. The van der Waals surface area contributed by atoms with E-state index in [1.165, 1.54) is 21.4 Å². The Hall–Kier alpha value is -1.79. The van der Waals surface area contributed by atoms with Crippen LogP contribution in [-0.4, -0.2) is 41.4 Å². The first-order valence-corrected chi connectivity index (χ1v) is 8.54. The Morgan fingerprint density at radius 2 is 1.91 bits per heavy atom. The zero-order valence-corrected chi connectivity index (χ0v) is 13.3. The van der Waals surface area contributed by atoms with Gasteiger partial charge in [-0.1, -0.05) is 6.07 Å². The molecule has 23 heavy (non-hydrogen) atoms. The van der Waals surface area contributed by atoms with Gasteiger partial charge in [-0.15, -0.1) is 11.3 Å². The molecule has 120 valence electrons. The molecular formula is C17H16F2N2OS. The van der Waals surface area contributed by atoms with Crippen molar-refractivity contribution in [1.29, 1.82) is 0 Å². The second-order valence-electron chi connectivity index (χ2n) is 6.05. The van der Waals surface area contributed by atoms with Gasteiger partial charge in [0.1, 0.15) is 17.2 Å². The van der Waals surface area contributed by atoms with Crippen LogP contribution in [0.15, 0.2) is 29.6 Å². The molecule has 0 unspecified atom stereocenters. The van der Waals surface area contributed by atoms with Crippen molar-refractivity contribution in [2.45, 2.75) is 19.0 Å². The van der Waals surface area contributed by atoms with Crippen molar-refractivity contribution in [2.75, 3.05) is 19.6 Å². The predicted octanol–water partition coefficient (Wildman–Crippen LogP) is 2.91. The summed E-state index contributed by atoms with van der Waals surface area (Å²) in [4.78, 5) is 17.6. The van der Waals surface area contributed by atoms with E-state index < -0.39 is 23.1 Å². The van der Waals surface area contributed by atoms with Crippen molar-refractivity contribution in [1.82, 2.24) is 9.80 Å². The van der Waals surface area contributed by atoms with E-state index in [1.807, 2.05) is 0 Å². The number of benzene rings is 1. The van der Waals surface area contributed by atoms with E-state index in [0.717, 1.165) is 31.6 Å². The average Bonchev–Trinajstić information content (AvgIpc) is 2.93. The molecule has 0 N–H and O–H groups in total. The van der Waals surface area contributed by atoms with Gasteiger partial charge in [-0.2, -0.15) is 0 Å². The van der Waals surface area contributed by atoms with Crippen molar-refractivity contribution in [3.8, 4) is 0 Å². The molecule has 1 fully saturated rings. The highest BCUT2D eigenvalue weighted by atomic mass is 32.1. The van der Waals surface area contributed by atoms with E-state index >= 15 is 0 Å². The number of hydrogen-bond donors (Lipinski definition) is 0. The molecule has 0 spiro atoms. The van der Waals surface area contributed by atoms with Gasteiger partial charge in [-0.3, -0.25) is 9.69 Å². The maximum absolute atomic E-state index is 13.7. The van der Waals surface area contributed by atoms with E-state index in [4.69, 9.17) is 0 Å². The fourth-order valence-electron chi connectivity index (χ4n) is 3.29. The van der Waals surface area contributed by atoms with Crippen molar-refractivity contribution < 1.29 is 13.6 Å². The number of rotatable bonds is 2. The SMILES string of the molecule is O=C(c1c(F)cccc1F)N1CC(N2CCc3sccc3C2)C1. The lowest BCUT2D eigenvalue weighted by molar-refractivity contribution is 0.0214. The first-order valence-electron chi connectivity index (χ1n) is 7.66. The summed E-state index contributed by atoms with van der Waals surface area (Å²) in [6.07, 6.45) is 1.04. The topological polar surface area (TPSA) is 23.6 Å². The third-order valence-corrected chi connectivity index (χ3v) is 5.70. The Balaban J connectivity index is 1.41. The zero-order valence-electron chi connectivity index (χ0n) is 12.5. The molecule has 1 amide bonds.